The zero-order valence-electron chi connectivity index (χ0n) is 13.2. The summed E-state index contributed by atoms with van der Waals surface area (Å²) in [5, 5.41) is 3.57. The Labute approximate surface area is 130 Å². The predicted octanol–water partition coefficient (Wildman–Crippen LogP) is 4.70. The molecule has 0 atom stereocenters. The number of Topliss-reactive ketones (excluding diaryl/α,β-unsaturated/α-hetero) is 1. The molecule has 1 aliphatic heterocycles. The third kappa shape index (κ3) is 1.91. The number of anilines is 1. The maximum Gasteiger partial charge on any atom is 0.167 e. The lowest BCUT2D eigenvalue weighted by Crippen LogP contribution is -2.31. The fourth-order valence-electron chi connectivity index (χ4n) is 3.70. The molecule has 0 fully saturated rings. The molecule has 0 unspecified atom stereocenters. The molecule has 2 heteroatoms. The molecule has 110 valence electrons. The second kappa shape index (κ2) is 4.33. The van der Waals surface area contributed by atoms with Crippen LogP contribution in [0.15, 0.2) is 42.5 Å². The van der Waals surface area contributed by atoms with Crippen molar-refractivity contribution < 1.29 is 4.79 Å². The van der Waals surface area contributed by atoms with E-state index in [0.29, 0.717) is 6.42 Å². The van der Waals surface area contributed by atoms with Gasteiger partial charge in [-0.2, -0.15) is 0 Å². The molecule has 0 amide bonds. The minimum atomic E-state index is -0.0537. The summed E-state index contributed by atoms with van der Waals surface area (Å²) in [7, 11) is 0. The van der Waals surface area contributed by atoms with Crippen LogP contribution in [-0.2, 0) is 6.42 Å². The average Bonchev–Trinajstić information content (AvgIpc) is 2.45. The number of hydrogen-bond acceptors (Lipinski definition) is 2. The number of benzene rings is 2. The van der Waals surface area contributed by atoms with Crippen LogP contribution in [-0.4, -0.2) is 11.3 Å². The highest BCUT2D eigenvalue weighted by molar-refractivity contribution is 6.08. The molecule has 0 bridgehead atoms. The molecule has 0 aromatic heterocycles. The van der Waals surface area contributed by atoms with Crippen LogP contribution in [0.1, 0.15) is 42.3 Å². The largest absolute Gasteiger partial charge is 0.376 e. The Morgan fingerprint density at radius 1 is 1.00 bits per heavy atom. The van der Waals surface area contributed by atoms with Crippen molar-refractivity contribution in [3.05, 3.63) is 59.2 Å². The number of rotatable bonds is 0. The summed E-state index contributed by atoms with van der Waals surface area (Å²) >= 11 is 0. The van der Waals surface area contributed by atoms with Gasteiger partial charge < -0.3 is 5.32 Å². The van der Waals surface area contributed by atoms with Gasteiger partial charge in [0.15, 0.2) is 5.78 Å². The van der Waals surface area contributed by atoms with Gasteiger partial charge in [0.1, 0.15) is 0 Å². The topological polar surface area (TPSA) is 29.1 Å². The molecule has 2 aromatic carbocycles. The molecular weight excluding hydrogens is 270 g/mol. The van der Waals surface area contributed by atoms with Crippen molar-refractivity contribution in [3.63, 3.8) is 0 Å². The van der Waals surface area contributed by atoms with Gasteiger partial charge in [0, 0.05) is 23.2 Å². The molecule has 4 rings (SSSR count). The van der Waals surface area contributed by atoms with E-state index in [9.17, 15) is 4.79 Å². The van der Waals surface area contributed by atoms with Gasteiger partial charge >= 0.3 is 0 Å². The quantitative estimate of drug-likeness (QED) is 0.761. The van der Waals surface area contributed by atoms with E-state index in [1.165, 1.54) is 16.7 Å². The first-order chi connectivity index (χ1) is 10.4. The summed E-state index contributed by atoms with van der Waals surface area (Å²) in [6.45, 7) is 6.49. The van der Waals surface area contributed by atoms with E-state index in [-0.39, 0.29) is 11.3 Å². The van der Waals surface area contributed by atoms with Crippen LogP contribution < -0.4 is 5.32 Å². The summed E-state index contributed by atoms with van der Waals surface area (Å²) in [5.74, 6) is 0.213. The third-order valence-electron chi connectivity index (χ3n) is 4.57. The van der Waals surface area contributed by atoms with Crippen molar-refractivity contribution >= 4 is 17.0 Å². The number of nitrogens with one attached hydrogen (secondary N) is 1. The summed E-state index contributed by atoms with van der Waals surface area (Å²) in [5.41, 5.74) is 7.84. The van der Waals surface area contributed by atoms with Crippen molar-refractivity contribution in [2.45, 2.75) is 32.7 Å². The predicted molar refractivity (Wildman–Crippen MR) is 91.3 cm³/mol. The van der Waals surface area contributed by atoms with Crippen molar-refractivity contribution in [1.82, 2.24) is 0 Å². The zero-order valence-corrected chi connectivity index (χ0v) is 13.2. The smallest absolute Gasteiger partial charge is 0.167 e. The monoisotopic (exact) mass is 289 g/mol. The molecule has 0 spiro atoms. The first-order valence-electron chi connectivity index (χ1n) is 7.72. The normalized spacial score (nSPS) is 17.8. The SMILES string of the molecule is CC1=CC(C)(C)Nc2cc3c(cc21)-c1ccccc1C(=O)C3. The second-order valence-electron chi connectivity index (χ2n) is 6.87. The molecule has 2 nitrogen and oxygen atoms in total. The first kappa shape index (κ1) is 13.3. The lowest BCUT2D eigenvalue weighted by Gasteiger charge is -2.33. The summed E-state index contributed by atoms with van der Waals surface area (Å²) in [6, 6.07) is 12.3. The van der Waals surface area contributed by atoms with Crippen molar-refractivity contribution in [2.24, 2.45) is 0 Å². The molecule has 0 radical (unpaired) electrons. The van der Waals surface area contributed by atoms with E-state index in [4.69, 9.17) is 0 Å². The van der Waals surface area contributed by atoms with Crippen LogP contribution in [0.4, 0.5) is 5.69 Å². The van der Waals surface area contributed by atoms with E-state index >= 15 is 0 Å². The van der Waals surface area contributed by atoms with Crippen molar-refractivity contribution in [3.8, 4) is 11.1 Å². The van der Waals surface area contributed by atoms with Crippen molar-refractivity contribution in [1.29, 1.82) is 0 Å². The number of carbonyl (C=O) groups excluding carboxylic acids is 1. The van der Waals surface area contributed by atoms with E-state index in [1.54, 1.807) is 0 Å². The van der Waals surface area contributed by atoms with Crippen LogP contribution in [0, 0.1) is 0 Å². The van der Waals surface area contributed by atoms with Gasteiger partial charge in [-0.25, -0.2) is 0 Å². The average molecular weight is 289 g/mol. The van der Waals surface area contributed by atoms with Crippen LogP contribution >= 0.6 is 0 Å². The minimum Gasteiger partial charge on any atom is -0.376 e. The second-order valence-corrected chi connectivity index (χ2v) is 6.87. The Balaban J connectivity index is 1.97. The maximum atomic E-state index is 12.4. The standard InChI is InChI=1S/C20H19NO/c1-12-11-20(2,3)21-18-8-13-9-19(22)15-7-5-4-6-14(15)17(13)10-16(12)18/h4-8,10-11,21H,9H2,1-3H3. The number of carbonyl (C=O) groups is 1. The summed E-state index contributed by atoms with van der Waals surface area (Å²) in [6.07, 6.45) is 2.76. The third-order valence-corrected chi connectivity index (χ3v) is 4.57. The summed E-state index contributed by atoms with van der Waals surface area (Å²) < 4.78 is 0. The van der Waals surface area contributed by atoms with E-state index in [2.05, 4.69) is 50.4 Å². The number of hydrogen-bond donors (Lipinski definition) is 1. The fraction of sp³-hybridized carbons (Fsp3) is 0.250. The Bertz CT molecular complexity index is 843. The Morgan fingerprint density at radius 3 is 2.50 bits per heavy atom. The first-order valence-corrected chi connectivity index (χ1v) is 7.72. The number of allylic oxidation sites excluding steroid dienone is 1. The number of ketones is 1. The van der Waals surface area contributed by atoms with Crippen LogP contribution in [0.25, 0.3) is 16.7 Å². The molecule has 2 aromatic rings. The Morgan fingerprint density at radius 2 is 1.73 bits per heavy atom. The van der Waals surface area contributed by atoms with Gasteiger partial charge in [0.25, 0.3) is 0 Å². The lowest BCUT2D eigenvalue weighted by atomic mass is 9.81. The Hall–Kier alpha value is -2.35. The Kier molecular flexibility index (Phi) is 2.62. The van der Waals surface area contributed by atoms with Gasteiger partial charge in [-0.15, -0.1) is 0 Å². The highest BCUT2D eigenvalue weighted by Crippen LogP contribution is 2.41. The highest BCUT2D eigenvalue weighted by Gasteiger charge is 2.27. The zero-order chi connectivity index (χ0) is 15.5. The molecule has 0 saturated carbocycles. The number of fused-ring (bicyclic) bond motifs is 4. The van der Waals surface area contributed by atoms with Gasteiger partial charge in [-0.1, -0.05) is 30.3 Å². The molecule has 1 heterocycles. The molecule has 2 aliphatic rings. The van der Waals surface area contributed by atoms with E-state index in [0.717, 1.165) is 22.4 Å². The molecule has 1 N–H and O–H groups in total. The van der Waals surface area contributed by atoms with Crippen LogP contribution in [0.2, 0.25) is 0 Å². The fourth-order valence-corrected chi connectivity index (χ4v) is 3.70. The maximum absolute atomic E-state index is 12.4. The molecular formula is C20H19NO. The van der Waals surface area contributed by atoms with Crippen LogP contribution in [0.5, 0.6) is 0 Å². The van der Waals surface area contributed by atoms with Gasteiger partial charge in [0.05, 0.1) is 5.54 Å². The lowest BCUT2D eigenvalue weighted by molar-refractivity contribution is 0.0992. The van der Waals surface area contributed by atoms with Gasteiger partial charge in [-0.05, 0) is 55.2 Å². The molecule has 1 aliphatic carbocycles. The summed E-state index contributed by atoms with van der Waals surface area (Å²) in [4.78, 5) is 12.4. The highest BCUT2D eigenvalue weighted by atomic mass is 16.1. The van der Waals surface area contributed by atoms with Gasteiger partial charge in [0.2, 0.25) is 0 Å². The van der Waals surface area contributed by atoms with Crippen molar-refractivity contribution in [2.75, 3.05) is 5.32 Å². The van der Waals surface area contributed by atoms with Crippen LogP contribution in [0.3, 0.4) is 0 Å². The van der Waals surface area contributed by atoms with Gasteiger partial charge in [-0.3, -0.25) is 4.79 Å². The van der Waals surface area contributed by atoms with E-state index < -0.39 is 0 Å². The molecule has 0 saturated heterocycles. The molecule has 22 heavy (non-hydrogen) atoms. The van der Waals surface area contributed by atoms with E-state index in [1.807, 2.05) is 18.2 Å². The minimum absolute atomic E-state index is 0.0537.